The lowest BCUT2D eigenvalue weighted by atomic mass is 10.2. The van der Waals surface area contributed by atoms with Crippen molar-refractivity contribution in [3.63, 3.8) is 0 Å². The minimum Gasteiger partial charge on any atom is -0.382 e. The van der Waals surface area contributed by atoms with Crippen LogP contribution in [-0.2, 0) is 10.0 Å². The van der Waals surface area contributed by atoms with Crippen molar-refractivity contribution in [3.05, 3.63) is 22.7 Å². The third-order valence-electron chi connectivity index (χ3n) is 2.28. The van der Waals surface area contributed by atoms with E-state index in [1.807, 2.05) is 0 Å². The summed E-state index contributed by atoms with van der Waals surface area (Å²) < 4.78 is 22.9. The van der Waals surface area contributed by atoms with Crippen LogP contribution in [0, 0.1) is 0 Å². The average Bonchev–Trinajstić information content (AvgIpc) is 2.19. The van der Waals surface area contributed by atoms with Crippen molar-refractivity contribution in [2.75, 3.05) is 5.32 Å². The first kappa shape index (κ1) is 13.5. The van der Waals surface area contributed by atoms with E-state index in [9.17, 15) is 8.42 Å². The number of rotatable bonds is 4. The Hall–Kier alpha value is -0.590. The van der Waals surface area contributed by atoms with Gasteiger partial charge in [-0.15, -0.1) is 0 Å². The number of hydrogen-bond acceptors (Lipinski definition) is 3. The highest BCUT2D eigenvalue weighted by Crippen LogP contribution is 2.26. The predicted molar refractivity (Wildman–Crippen MR) is 68.9 cm³/mol. The van der Waals surface area contributed by atoms with Gasteiger partial charge >= 0.3 is 0 Å². The SMILES string of the molecule is CCC(C)Nc1ccc(S(N)(=O)=O)cc1Br. The molecule has 0 aliphatic rings. The molecule has 1 unspecified atom stereocenters. The molecule has 16 heavy (non-hydrogen) atoms. The molecule has 0 aliphatic heterocycles. The highest BCUT2D eigenvalue weighted by Gasteiger charge is 2.10. The summed E-state index contributed by atoms with van der Waals surface area (Å²) >= 11 is 3.31. The van der Waals surface area contributed by atoms with Crippen LogP contribution in [0.1, 0.15) is 20.3 Å². The standard InChI is InChI=1S/C10H15BrN2O2S/c1-3-7(2)13-10-5-4-8(6-9(10)11)16(12,14)15/h4-7,13H,3H2,1-2H3,(H2,12,14,15). The van der Waals surface area contributed by atoms with Crippen LogP contribution in [0.15, 0.2) is 27.6 Å². The smallest absolute Gasteiger partial charge is 0.238 e. The monoisotopic (exact) mass is 306 g/mol. The van der Waals surface area contributed by atoms with Crippen LogP contribution in [0.5, 0.6) is 0 Å². The fraction of sp³-hybridized carbons (Fsp3) is 0.400. The van der Waals surface area contributed by atoms with Crippen molar-refractivity contribution < 1.29 is 8.42 Å². The molecule has 90 valence electrons. The molecule has 1 atom stereocenters. The van der Waals surface area contributed by atoms with Gasteiger partial charge in [-0.2, -0.15) is 0 Å². The largest absolute Gasteiger partial charge is 0.382 e. The molecule has 3 N–H and O–H groups in total. The van der Waals surface area contributed by atoms with E-state index in [1.54, 1.807) is 6.07 Å². The Morgan fingerprint density at radius 3 is 2.56 bits per heavy atom. The van der Waals surface area contributed by atoms with Crippen molar-refractivity contribution in [3.8, 4) is 0 Å². The molecule has 0 aliphatic carbocycles. The van der Waals surface area contributed by atoms with Crippen LogP contribution < -0.4 is 10.5 Å². The van der Waals surface area contributed by atoms with E-state index in [-0.39, 0.29) is 4.90 Å². The summed E-state index contributed by atoms with van der Waals surface area (Å²) in [6, 6.07) is 5.03. The Kier molecular flexibility index (Phi) is 4.35. The second-order valence-electron chi connectivity index (χ2n) is 3.64. The topological polar surface area (TPSA) is 72.2 Å². The first-order chi connectivity index (χ1) is 7.34. The minimum absolute atomic E-state index is 0.106. The molecule has 6 heteroatoms. The lowest BCUT2D eigenvalue weighted by Gasteiger charge is -2.14. The van der Waals surface area contributed by atoms with Crippen LogP contribution >= 0.6 is 15.9 Å². The average molecular weight is 307 g/mol. The van der Waals surface area contributed by atoms with Gasteiger partial charge < -0.3 is 5.32 Å². The second-order valence-corrected chi connectivity index (χ2v) is 6.06. The third-order valence-corrected chi connectivity index (χ3v) is 3.85. The molecule has 0 spiro atoms. The van der Waals surface area contributed by atoms with Crippen LogP contribution in [0.2, 0.25) is 0 Å². The van der Waals surface area contributed by atoms with E-state index in [4.69, 9.17) is 5.14 Å². The normalized spacial score (nSPS) is 13.5. The number of primary sulfonamides is 1. The van der Waals surface area contributed by atoms with Gasteiger partial charge in [0.2, 0.25) is 10.0 Å². The Bertz CT molecular complexity index is 474. The van der Waals surface area contributed by atoms with Crippen molar-refractivity contribution in [1.29, 1.82) is 0 Å². The maximum absolute atomic E-state index is 11.1. The van der Waals surface area contributed by atoms with E-state index < -0.39 is 10.0 Å². The summed E-state index contributed by atoms with van der Waals surface area (Å²) in [4.78, 5) is 0.106. The van der Waals surface area contributed by atoms with Gasteiger partial charge in [-0.05, 0) is 47.5 Å². The van der Waals surface area contributed by atoms with Gasteiger partial charge in [0.05, 0.1) is 4.90 Å². The quantitative estimate of drug-likeness (QED) is 0.896. The third kappa shape index (κ3) is 3.47. The lowest BCUT2D eigenvalue weighted by Crippen LogP contribution is -2.15. The van der Waals surface area contributed by atoms with Crippen LogP contribution in [0.3, 0.4) is 0 Å². The van der Waals surface area contributed by atoms with Gasteiger partial charge in [0, 0.05) is 16.2 Å². The second kappa shape index (κ2) is 5.16. The lowest BCUT2D eigenvalue weighted by molar-refractivity contribution is 0.598. The Morgan fingerprint density at radius 2 is 2.12 bits per heavy atom. The Balaban J connectivity index is 3.01. The highest BCUT2D eigenvalue weighted by molar-refractivity contribution is 9.10. The first-order valence-electron chi connectivity index (χ1n) is 4.93. The zero-order valence-electron chi connectivity index (χ0n) is 9.20. The van der Waals surface area contributed by atoms with E-state index in [2.05, 4.69) is 35.1 Å². The maximum Gasteiger partial charge on any atom is 0.238 e. The fourth-order valence-electron chi connectivity index (χ4n) is 1.16. The number of halogens is 1. The molecule has 0 aromatic heterocycles. The molecule has 0 amide bonds. The molecule has 0 fully saturated rings. The number of hydrogen-bond donors (Lipinski definition) is 2. The van der Waals surface area contributed by atoms with Gasteiger partial charge in [0.25, 0.3) is 0 Å². The van der Waals surface area contributed by atoms with Crippen molar-refractivity contribution in [2.24, 2.45) is 5.14 Å². The number of nitrogens with one attached hydrogen (secondary N) is 1. The van der Waals surface area contributed by atoms with E-state index in [0.717, 1.165) is 12.1 Å². The molecule has 0 saturated carbocycles. The summed E-state index contributed by atoms with van der Waals surface area (Å²) in [5.41, 5.74) is 0.863. The van der Waals surface area contributed by atoms with E-state index in [1.165, 1.54) is 12.1 Å². The Morgan fingerprint density at radius 1 is 1.50 bits per heavy atom. The van der Waals surface area contributed by atoms with Gasteiger partial charge in [-0.25, -0.2) is 13.6 Å². The van der Waals surface area contributed by atoms with Gasteiger partial charge in [-0.3, -0.25) is 0 Å². The summed E-state index contributed by atoms with van der Waals surface area (Å²) in [5, 5.41) is 8.29. The molecule has 4 nitrogen and oxygen atoms in total. The molecule has 0 bridgehead atoms. The van der Waals surface area contributed by atoms with Crippen molar-refractivity contribution in [1.82, 2.24) is 0 Å². The summed E-state index contributed by atoms with van der Waals surface area (Å²) in [6.07, 6.45) is 0.989. The fourth-order valence-corrected chi connectivity index (χ4v) is 2.34. The molecule has 0 saturated heterocycles. The molecule has 0 radical (unpaired) electrons. The number of sulfonamides is 1. The summed E-state index contributed by atoms with van der Waals surface area (Å²) in [5.74, 6) is 0. The maximum atomic E-state index is 11.1. The molecule has 1 aromatic carbocycles. The van der Waals surface area contributed by atoms with Crippen molar-refractivity contribution in [2.45, 2.75) is 31.2 Å². The molecular weight excluding hydrogens is 292 g/mol. The molecular formula is C10H15BrN2O2S. The van der Waals surface area contributed by atoms with Gasteiger partial charge in [-0.1, -0.05) is 6.92 Å². The minimum atomic E-state index is -3.63. The van der Waals surface area contributed by atoms with Crippen LogP contribution in [-0.4, -0.2) is 14.5 Å². The van der Waals surface area contributed by atoms with Gasteiger partial charge in [0.15, 0.2) is 0 Å². The highest BCUT2D eigenvalue weighted by atomic mass is 79.9. The number of nitrogens with two attached hydrogens (primary N) is 1. The van der Waals surface area contributed by atoms with E-state index in [0.29, 0.717) is 10.5 Å². The number of benzene rings is 1. The Labute approximate surface area is 104 Å². The van der Waals surface area contributed by atoms with Crippen LogP contribution in [0.4, 0.5) is 5.69 Å². The van der Waals surface area contributed by atoms with Gasteiger partial charge in [0.1, 0.15) is 0 Å². The molecule has 0 heterocycles. The van der Waals surface area contributed by atoms with Crippen LogP contribution in [0.25, 0.3) is 0 Å². The molecule has 1 aromatic rings. The zero-order valence-corrected chi connectivity index (χ0v) is 11.6. The summed E-state index contributed by atoms with van der Waals surface area (Å²) in [6.45, 7) is 4.13. The van der Waals surface area contributed by atoms with Crippen molar-refractivity contribution >= 4 is 31.6 Å². The first-order valence-corrected chi connectivity index (χ1v) is 7.27. The van der Waals surface area contributed by atoms with E-state index >= 15 is 0 Å². The number of anilines is 1. The summed E-state index contributed by atoms with van der Waals surface area (Å²) in [7, 11) is -3.63. The zero-order chi connectivity index (χ0) is 12.3. The molecule has 1 rings (SSSR count). The predicted octanol–water partition coefficient (Wildman–Crippen LogP) is 2.31.